The van der Waals surface area contributed by atoms with Crippen LogP contribution < -0.4 is 15.2 Å². The third kappa shape index (κ3) is 4.05. The van der Waals surface area contributed by atoms with E-state index in [1.165, 1.54) is 12.7 Å². The van der Waals surface area contributed by atoms with E-state index in [4.69, 9.17) is 26.8 Å². The van der Waals surface area contributed by atoms with Gasteiger partial charge >= 0.3 is 0 Å². The number of nitrogens with two attached hydrogens (primary N) is 1. The third-order valence-corrected chi connectivity index (χ3v) is 4.93. The van der Waals surface area contributed by atoms with Crippen LogP contribution in [0.5, 0.6) is 11.5 Å². The summed E-state index contributed by atoms with van der Waals surface area (Å²) in [6.45, 7) is 3.30. The summed E-state index contributed by atoms with van der Waals surface area (Å²) in [5.41, 5.74) is 7.82. The third-order valence-electron chi connectivity index (χ3n) is 4.60. The van der Waals surface area contributed by atoms with E-state index in [2.05, 4.69) is 0 Å². The molecule has 5 nitrogen and oxygen atoms in total. The van der Waals surface area contributed by atoms with Gasteiger partial charge in [-0.15, -0.1) is 0 Å². The lowest BCUT2D eigenvalue weighted by molar-refractivity contribution is 0.0592. The normalized spacial score (nSPS) is 15.0. The first-order chi connectivity index (χ1) is 12.5. The molecule has 0 aliphatic carbocycles. The van der Waals surface area contributed by atoms with Crippen molar-refractivity contribution < 1.29 is 14.3 Å². The predicted molar refractivity (Wildman–Crippen MR) is 103 cm³/mol. The molecule has 6 heteroatoms. The van der Waals surface area contributed by atoms with E-state index in [-0.39, 0.29) is 12.0 Å². The van der Waals surface area contributed by atoms with Crippen molar-refractivity contribution in [1.82, 2.24) is 4.90 Å². The SMILES string of the molecule is COc1cc(N)c(Cl)cc1C(=O)N1CCC(Oc2ccc(C)cc2)CC1. The number of hydrogen-bond acceptors (Lipinski definition) is 4. The number of piperidine rings is 1. The number of aryl methyl sites for hydroxylation is 1. The van der Waals surface area contributed by atoms with Gasteiger partial charge in [-0.05, 0) is 25.1 Å². The summed E-state index contributed by atoms with van der Waals surface area (Å²) in [7, 11) is 1.51. The summed E-state index contributed by atoms with van der Waals surface area (Å²) in [5, 5.41) is 0.353. The topological polar surface area (TPSA) is 64.8 Å². The second kappa shape index (κ2) is 7.87. The van der Waals surface area contributed by atoms with Gasteiger partial charge in [0.05, 0.1) is 23.4 Å². The van der Waals surface area contributed by atoms with Crippen molar-refractivity contribution in [3.63, 3.8) is 0 Å². The van der Waals surface area contributed by atoms with Crippen LogP contribution in [-0.4, -0.2) is 37.1 Å². The second-order valence-electron chi connectivity index (χ2n) is 6.50. The van der Waals surface area contributed by atoms with Crippen molar-refractivity contribution in [2.24, 2.45) is 0 Å². The fourth-order valence-electron chi connectivity index (χ4n) is 3.06. The van der Waals surface area contributed by atoms with E-state index in [0.29, 0.717) is 35.1 Å². The van der Waals surface area contributed by atoms with Gasteiger partial charge in [0.25, 0.3) is 5.91 Å². The standard InChI is InChI=1S/C20H23ClN2O3/c1-13-3-5-14(6-4-13)26-15-7-9-23(10-8-15)20(24)16-11-17(21)18(22)12-19(16)25-2/h3-6,11-12,15H,7-10,22H2,1-2H3. The van der Waals surface area contributed by atoms with Crippen molar-refractivity contribution in [2.45, 2.75) is 25.9 Å². The van der Waals surface area contributed by atoms with Crippen molar-refractivity contribution in [1.29, 1.82) is 0 Å². The minimum Gasteiger partial charge on any atom is -0.496 e. The molecule has 1 fully saturated rings. The van der Waals surface area contributed by atoms with Crippen molar-refractivity contribution in [2.75, 3.05) is 25.9 Å². The van der Waals surface area contributed by atoms with Gasteiger partial charge in [0.2, 0.25) is 0 Å². The molecule has 0 atom stereocenters. The largest absolute Gasteiger partial charge is 0.496 e. The molecule has 1 heterocycles. The lowest BCUT2D eigenvalue weighted by Gasteiger charge is -2.32. The van der Waals surface area contributed by atoms with Gasteiger partial charge in [-0.2, -0.15) is 0 Å². The number of methoxy groups -OCH3 is 1. The Balaban J connectivity index is 1.63. The molecule has 0 bridgehead atoms. The van der Waals surface area contributed by atoms with Crippen molar-refractivity contribution in [3.8, 4) is 11.5 Å². The van der Waals surface area contributed by atoms with Crippen LogP contribution in [0.15, 0.2) is 36.4 Å². The zero-order valence-electron chi connectivity index (χ0n) is 15.0. The fraction of sp³-hybridized carbons (Fsp3) is 0.350. The number of carbonyl (C=O) groups excluding carboxylic acids is 1. The molecule has 2 N–H and O–H groups in total. The maximum Gasteiger partial charge on any atom is 0.257 e. The molecule has 1 amide bonds. The van der Waals surface area contributed by atoms with E-state index < -0.39 is 0 Å². The average molecular weight is 375 g/mol. The summed E-state index contributed by atoms with van der Waals surface area (Å²) < 4.78 is 11.3. The molecule has 138 valence electrons. The molecular weight excluding hydrogens is 352 g/mol. The van der Waals surface area contributed by atoms with Crippen LogP contribution in [0.4, 0.5) is 5.69 Å². The zero-order valence-corrected chi connectivity index (χ0v) is 15.8. The zero-order chi connectivity index (χ0) is 18.7. The maximum atomic E-state index is 12.9. The highest BCUT2D eigenvalue weighted by atomic mass is 35.5. The number of halogens is 1. The number of ether oxygens (including phenoxy) is 2. The Morgan fingerprint density at radius 3 is 2.46 bits per heavy atom. The molecule has 26 heavy (non-hydrogen) atoms. The molecule has 0 aromatic heterocycles. The first-order valence-corrected chi connectivity index (χ1v) is 9.01. The van der Waals surface area contributed by atoms with E-state index in [9.17, 15) is 4.79 Å². The van der Waals surface area contributed by atoms with E-state index in [0.717, 1.165) is 18.6 Å². The molecule has 0 saturated carbocycles. The van der Waals surface area contributed by atoms with E-state index >= 15 is 0 Å². The van der Waals surface area contributed by atoms with Crippen LogP contribution in [0.2, 0.25) is 5.02 Å². The van der Waals surface area contributed by atoms with Crippen molar-refractivity contribution in [3.05, 3.63) is 52.5 Å². The Bertz CT molecular complexity index is 784. The number of benzene rings is 2. The average Bonchev–Trinajstić information content (AvgIpc) is 2.65. The lowest BCUT2D eigenvalue weighted by atomic mass is 10.1. The van der Waals surface area contributed by atoms with Gasteiger partial charge in [-0.3, -0.25) is 4.79 Å². The number of hydrogen-bond donors (Lipinski definition) is 1. The van der Waals surface area contributed by atoms with Crippen LogP contribution in [0.1, 0.15) is 28.8 Å². The molecule has 3 rings (SSSR count). The Labute approximate surface area is 158 Å². The number of likely N-dealkylation sites (tertiary alicyclic amines) is 1. The number of rotatable bonds is 4. The maximum absolute atomic E-state index is 12.9. The Morgan fingerprint density at radius 2 is 1.85 bits per heavy atom. The van der Waals surface area contributed by atoms with Crippen LogP contribution in [0, 0.1) is 6.92 Å². The van der Waals surface area contributed by atoms with Gasteiger partial charge in [0.1, 0.15) is 17.6 Å². The van der Waals surface area contributed by atoms with E-state index in [1.54, 1.807) is 17.0 Å². The molecule has 1 saturated heterocycles. The number of amides is 1. The first kappa shape index (κ1) is 18.4. The molecule has 2 aromatic rings. The predicted octanol–water partition coefficient (Wildman–Crippen LogP) is 3.92. The monoisotopic (exact) mass is 374 g/mol. The number of carbonyl (C=O) groups is 1. The van der Waals surface area contributed by atoms with Crippen LogP contribution in [0.25, 0.3) is 0 Å². The summed E-state index contributed by atoms with van der Waals surface area (Å²) in [4.78, 5) is 14.7. The van der Waals surface area contributed by atoms with Crippen molar-refractivity contribution >= 4 is 23.2 Å². The summed E-state index contributed by atoms with van der Waals surface area (Å²) in [6.07, 6.45) is 1.67. The number of nitrogen functional groups attached to an aromatic ring is 1. The van der Waals surface area contributed by atoms with Gasteiger partial charge in [-0.1, -0.05) is 29.3 Å². The Kier molecular flexibility index (Phi) is 5.57. The van der Waals surface area contributed by atoms with Crippen LogP contribution in [0.3, 0.4) is 0 Å². The van der Waals surface area contributed by atoms with E-state index in [1.807, 2.05) is 31.2 Å². The summed E-state index contributed by atoms with van der Waals surface area (Å²) in [6, 6.07) is 11.2. The highest BCUT2D eigenvalue weighted by Gasteiger charge is 2.27. The molecule has 1 aliphatic rings. The smallest absolute Gasteiger partial charge is 0.257 e. The van der Waals surface area contributed by atoms with Gasteiger partial charge < -0.3 is 20.1 Å². The molecular formula is C20H23ClN2O3. The second-order valence-corrected chi connectivity index (χ2v) is 6.90. The molecule has 0 unspecified atom stereocenters. The lowest BCUT2D eigenvalue weighted by Crippen LogP contribution is -2.41. The highest BCUT2D eigenvalue weighted by Crippen LogP contribution is 2.30. The van der Waals surface area contributed by atoms with Crippen LogP contribution in [-0.2, 0) is 0 Å². The first-order valence-electron chi connectivity index (χ1n) is 8.63. The summed E-state index contributed by atoms with van der Waals surface area (Å²) >= 11 is 6.08. The minimum atomic E-state index is -0.0995. The quantitative estimate of drug-likeness (QED) is 0.824. The fourth-order valence-corrected chi connectivity index (χ4v) is 3.23. The van der Waals surface area contributed by atoms with Gasteiger partial charge in [0.15, 0.2) is 0 Å². The highest BCUT2D eigenvalue weighted by molar-refractivity contribution is 6.33. The van der Waals surface area contributed by atoms with Gasteiger partial charge in [0, 0.05) is 32.0 Å². The van der Waals surface area contributed by atoms with Gasteiger partial charge in [-0.25, -0.2) is 0 Å². The Morgan fingerprint density at radius 1 is 1.19 bits per heavy atom. The minimum absolute atomic E-state index is 0.0995. The number of nitrogens with zero attached hydrogens (tertiary/aromatic N) is 1. The molecule has 2 aromatic carbocycles. The summed E-state index contributed by atoms with van der Waals surface area (Å²) in [5.74, 6) is 1.21. The molecule has 0 radical (unpaired) electrons. The number of anilines is 1. The van der Waals surface area contributed by atoms with Crippen LogP contribution >= 0.6 is 11.6 Å². The Hall–Kier alpha value is -2.40. The molecule has 1 aliphatic heterocycles. The molecule has 0 spiro atoms.